The molecule has 144 valence electrons. The Morgan fingerprint density at radius 1 is 1.21 bits per heavy atom. The predicted molar refractivity (Wildman–Crippen MR) is 112 cm³/mol. The van der Waals surface area contributed by atoms with E-state index in [-0.39, 0.29) is 23.0 Å². The maximum absolute atomic E-state index is 12.9. The summed E-state index contributed by atoms with van der Waals surface area (Å²) < 4.78 is 6.12. The van der Waals surface area contributed by atoms with Crippen molar-refractivity contribution in [1.82, 2.24) is 0 Å². The average molecular weight is 510 g/mol. The lowest BCUT2D eigenvalue weighted by Gasteiger charge is -2.12. The Hall–Kier alpha value is -2.65. The summed E-state index contributed by atoms with van der Waals surface area (Å²) in [5.74, 6) is -1.20. The monoisotopic (exact) mass is 508 g/mol. The summed E-state index contributed by atoms with van der Waals surface area (Å²) in [5, 5.41) is 24.6. The molecule has 3 rings (SSSR count). The molecule has 0 saturated heterocycles. The number of methoxy groups -OCH3 is 1. The van der Waals surface area contributed by atoms with Gasteiger partial charge in [0.1, 0.15) is 0 Å². The molecule has 0 unspecified atom stereocenters. The number of aromatic hydroxyl groups is 1. The molecule has 1 heterocycles. The van der Waals surface area contributed by atoms with Crippen LogP contribution in [-0.4, -0.2) is 34.9 Å². The predicted octanol–water partition coefficient (Wildman–Crippen LogP) is 4.43. The van der Waals surface area contributed by atoms with E-state index < -0.39 is 5.97 Å². The summed E-state index contributed by atoms with van der Waals surface area (Å²) in [6.07, 6.45) is 1.64. The van der Waals surface area contributed by atoms with Crippen molar-refractivity contribution < 1.29 is 24.5 Å². The van der Waals surface area contributed by atoms with Crippen molar-refractivity contribution in [3.8, 4) is 11.5 Å². The number of benzene rings is 2. The van der Waals surface area contributed by atoms with E-state index in [9.17, 15) is 14.7 Å². The highest BCUT2D eigenvalue weighted by Crippen LogP contribution is 2.42. The third-order valence-electron chi connectivity index (χ3n) is 4.12. The van der Waals surface area contributed by atoms with Crippen molar-refractivity contribution in [3.05, 3.63) is 56.0 Å². The number of halogens is 2. The number of ether oxygens (including phenoxy) is 1. The molecular weight excluding hydrogens is 496 g/mol. The molecule has 1 aliphatic heterocycles. The summed E-state index contributed by atoms with van der Waals surface area (Å²) in [5.41, 5.74) is 2.06. The molecule has 0 saturated carbocycles. The Kier molecular flexibility index (Phi) is 5.57. The minimum absolute atomic E-state index is 0.0557. The fourth-order valence-electron chi connectivity index (χ4n) is 2.63. The second-order valence-corrected chi connectivity index (χ2v) is 7.44. The highest BCUT2D eigenvalue weighted by molar-refractivity contribution is 9.13. The Labute approximate surface area is 177 Å². The van der Waals surface area contributed by atoms with Crippen LogP contribution in [0.4, 0.5) is 5.69 Å². The molecule has 0 aliphatic carbocycles. The molecule has 2 aromatic carbocycles. The van der Waals surface area contributed by atoms with Crippen molar-refractivity contribution >= 4 is 61.2 Å². The molecular formula is C19H14Br2N2O5. The van der Waals surface area contributed by atoms with Crippen molar-refractivity contribution in [2.45, 2.75) is 6.92 Å². The lowest BCUT2D eigenvalue weighted by atomic mass is 10.1. The number of carbonyl (C=O) groups excluding carboxylic acids is 1. The molecule has 0 spiro atoms. The molecule has 0 atom stereocenters. The van der Waals surface area contributed by atoms with E-state index in [1.165, 1.54) is 36.4 Å². The maximum Gasteiger partial charge on any atom is 0.335 e. The first-order valence-electron chi connectivity index (χ1n) is 7.94. The molecule has 2 aromatic rings. The smallest absolute Gasteiger partial charge is 0.335 e. The quantitative estimate of drug-likeness (QED) is 0.594. The summed E-state index contributed by atoms with van der Waals surface area (Å²) in [4.78, 5) is 23.9. The van der Waals surface area contributed by atoms with Gasteiger partial charge in [0.15, 0.2) is 11.5 Å². The second-order valence-electron chi connectivity index (χ2n) is 5.86. The number of aromatic carboxylic acids is 1. The summed E-state index contributed by atoms with van der Waals surface area (Å²) >= 11 is 6.68. The number of nitrogens with zero attached hydrogens (tertiary/aromatic N) is 2. The second kappa shape index (κ2) is 7.76. The van der Waals surface area contributed by atoms with E-state index in [1.54, 1.807) is 19.1 Å². The minimum Gasteiger partial charge on any atom is -0.503 e. The number of amides is 1. The van der Waals surface area contributed by atoms with Gasteiger partial charge < -0.3 is 14.9 Å². The largest absolute Gasteiger partial charge is 0.503 e. The molecule has 1 amide bonds. The van der Waals surface area contributed by atoms with E-state index in [4.69, 9.17) is 9.84 Å². The summed E-state index contributed by atoms with van der Waals surface area (Å²) in [6.45, 7) is 1.70. The molecule has 9 heteroatoms. The van der Waals surface area contributed by atoms with E-state index in [1.807, 2.05) is 0 Å². The fraction of sp³-hybridized carbons (Fsp3) is 0.105. The van der Waals surface area contributed by atoms with Crippen LogP contribution in [0.1, 0.15) is 22.8 Å². The molecule has 0 radical (unpaired) electrons. The van der Waals surface area contributed by atoms with E-state index in [0.29, 0.717) is 31.5 Å². The van der Waals surface area contributed by atoms with Crippen LogP contribution in [-0.2, 0) is 4.79 Å². The van der Waals surface area contributed by atoms with Crippen LogP contribution in [0, 0.1) is 0 Å². The van der Waals surface area contributed by atoms with Crippen LogP contribution in [0.3, 0.4) is 0 Å². The van der Waals surface area contributed by atoms with Gasteiger partial charge in [0.25, 0.3) is 5.91 Å². The van der Waals surface area contributed by atoms with Gasteiger partial charge in [0.05, 0.1) is 34.1 Å². The number of phenolic OH excluding ortho intramolecular Hbond substituents is 1. The van der Waals surface area contributed by atoms with E-state index >= 15 is 0 Å². The van der Waals surface area contributed by atoms with Crippen LogP contribution in [0.5, 0.6) is 11.5 Å². The summed E-state index contributed by atoms with van der Waals surface area (Å²) in [7, 11) is 1.43. The average Bonchev–Trinajstić information content (AvgIpc) is 2.96. The first-order valence-corrected chi connectivity index (χ1v) is 9.53. The lowest BCUT2D eigenvalue weighted by molar-refractivity contribution is -0.114. The zero-order valence-corrected chi connectivity index (χ0v) is 17.9. The Balaban J connectivity index is 1.99. The van der Waals surface area contributed by atoms with Gasteiger partial charge in [-0.1, -0.05) is 0 Å². The van der Waals surface area contributed by atoms with Gasteiger partial charge >= 0.3 is 5.97 Å². The molecule has 0 bridgehead atoms. The standard InChI is InChI=1S/C19H14Br2N2O5/c1-9-13(7-11-8-14(28-2)17(24)16(21)15(11)20)18(25)23(22-9)12-5-3-10(4-6-12)19(26)27/h3-8,24H,1-2H3,(H,26,27)/b13-7-. The Bertz CT molecular complexity index is 1050. The fourth-order valence-corrected chi connectivity index (χ4v) is 3.47. The van der Waals surface area contributed by atoms with Gasteiger partial charge in [-0.05, 0) is 80.8 Å². The number of carbonyl (C=O) groups is 2. The molecule has 0 fully saturated rings. The van der Waals surface area contributed by atoms with Crippen LogP contribution >= 0.6 is 31.9 Å². The number of phenols is 1. The SMILES string of the molecule is COc1cc(/C=C2\C(=O)N(c3ccc(C(=O)O)cc3)N=C2C)c(Br)c(Br)c1O. The van der Waals surface area contributed by atoms with Gasteiger partial charge in [-0.25, -0.2) is 4.79 Å². The molecule has 7 nitrogen and oxygen atoms in total. The number of carboxylic acids is 1. The third-order valence-corrected chi connectivity index (χ3v) is 6.27. The Morgan fingerprint density at radius 3 is 2.43 bits per heavy atom. The first kappa shape index (κ1) is 20.1. The van der Waals surface area contributed by atoms with Crippen LogP contribution in [0.15, 0.2) is 50.0 Å². The van der Waals surface area contributed by atoms with Gasteiger partial charge in [-0.2, -0.15) is 10.1 Å². The van der Waals surface area contributed by atoms with Crippen molar-refractivity contribution in [2.75, 3.05) is 12.1 Å². The van der Waals surface area contributed by atoms with Crippen LogP contribution < -0.4 is 9.75 Å². The highest BCUT2D eigenvalue weighted by Gasteiger charge is 2.29. The number of anilines is 1. The molecule has 2 N–H and O–H groups in total. The van der Waals surface area contributed by atoms with Gasteiger partial charge in [0, 0.05) is 4.47 Å². The lowest BCUT2D eigenvalue weighted by Crippen LogP contribution is -2.21. The number of hydrazone groups is 1. The molecule has 1 aliphatic rings. The van der Waals surface area contributed by atoms with E-state index in [2.05, 4.69) is 37.0 Å². The number of hydrogen-bond acceptors (Lipinski definition) is 5. The normalized spacial score (nSPS) is 15.1. The molecule has 28 heavy (non-hydrogen) atoms. The van der Waals surface area contributed by atoms with Crippen LogP contribution in [0.2, 0.25) is 0 Å². The Morgan fingerprint density at radius 2 is 1.86 bits per heavy atom. The number of carboxylic acid groups (broad SMARTS) is 1. The minimum atomic E-state index is -1.05. The maximum atomic E-state index is 12.9. The van der Waals surface area contributed by atoms with Crippen molar-refractivity contribution in [1.29, 1.82) is 0 Å². The topological polar surface area (TPSA) is 99.4 Å². The number of hydrogen-bond donors (Lipinski definition) is 2. The first-order chi connectivity index (χ1) is 13.2. The van der Waals surface area contributed by atoms with Crippen LogP contribution in [0.25, 0.3) is 6.08 Å². The van der Waals surface area contributed by atoms with E-state index in [0.717, 1.165) is 0 Å². The van der Waals surface area contributed by atoms with Crippen molar-refractivity contribution in [3.63, 3.8) is 0 Å². The number of rotatable bonds is 4. The zero-order chi connectivity index (χ0) is 20.6. The van der Waals surface area contributed by atoms with Gasteiger partial charge in [0.2, 0.25) is 0 Å². The molecule has 0 aromatic heterocycles. The van der Waals surface area contributed by atoms with Gasteiger partial charge in [-0.3, -0.25) is 4.79 Å². The van der Waals surface area contributed by atoms with Gasteiger partial charge in [-0.15, -0.1) is 0 Å². The highest BCUT2D eigenvalue weighted by atomic mass is 79.9. The zero-order valence-electron chi connectivity index (χ0n) is 14.7. The third kappa shape index (κ3) is 3.55. The van der Waals surface area contributed by atoms with Crippen molar-refractivity contribution in [2.24, 2.45) is 5.10 Å². The summed E-state index contributed by atoms with van der Waals surface area (Å²) in [6, 6.07) is 7.47.